The Hall–Kier alpha value is -2.11. The van der Waals surface area contributed by atoms with Gasteiger partial charge in [-0.25, -0.2) is 0 Å². The number of aromatic nitrogens is 1. The van der Waals surface area contributed by atoms with Gasteiger partial charge >= 0.3 is 0 Å². The standard InChI is InChI=1S/C11H13N3O3/c15-9-6-7(3-5-12-9)10(16)14-8-2-1-4-13-11(8)17/h3,5-6,8H,1-2,4H2,(H,12,15)(H,13,17)(H,14,16). The molecule has 0 radical (unpaired) electrons. The Kier molecular flexibility index (Phi) is 3.22. The van der Waals surface area contributed by atoms with Crippen molar-refractivity contribution in [3.63, 3.8) is 0 Å². The zero-order valence-corrected chi connectivity index (χ0v) is 9.16. The summed E-state index contributed by atoms with van der Waals surface area (Å²) in [6, 6.07) is 2.20. The number of amides is 2. The van der Waals surface area contributed by atoms with Gasteiger partial charge in [0.25, 0.3) is 5.91 Å². The second-order valence-corrected chi connectivity index (χ2v) is 3.90. The monoisotopic (exact) mass is 235 g/mol. The fourth-order valence-corrected chi connectivity index (χ4v) is 1.74. The van der Waals surface area contributed by atoms with Gasteiger partial charge in [0.05, 0.1) is 0 Å². The first kappa shape index (κ1) is 11.4. The smallest absolute Gasteiger partial charge is 0.252 e. The minimum absolute atomic E-state index is 0.172. The molecule has 3 N–H and O–H groups in total. The van der Waals surface area contributed by atoms with Crippen molar-refractivity contribution in [3.8, 4) is 0 Å². The van der Waals surface area contributed by atoms with E-state index in [1.54, 1.807) is 0 Å². The fourth-order valence-electron chi connectivity index (χ4n) is 1.74. The summed E-state index contributed by atoms with van der Waals surface area (Å²) in [6.07, 6.45) is 2.87. The number of aromatic amines is 1. The van der Waals surface area contributed by atoms with Gasteiger partial charge in [0.15, 0.2) is 0 Å². The van der Waals surface area contributed by atoms with Crippen molar-refractivity contribution in [1.29, 1.82) is 0 Å². The highest BCUT2D eigenvalue weighted by atomic mass is 16.2. The number of H-pyrrole nitrogens is 1. The van der Waals surface area contributed by atoms with Gasteiger partial charge in [0, 0.05) is 24.4 Å². The molecule has 2 heterocycles. The van der Waals surface area contributed by atoms with Gasteiger partial charge in [-0.3, -0.25) is 14.4 Å². The molecule has 0 spiro atoms. The molecule has 0 aromatic carbocycles. The zero-order valence-electron chi connectivity index (χ0n) is 9.16. The third kappa shape index (κ3) is 2.72. The second kappa shape index (κ2) is 4.82. The van der Waals surface area contributed by atoms with Crippen LogP contribution in [-0.4, -0.2) is 29.4 Å². The molecule has 0 saturated carbocycles. The minimum Gasteiger partial charge on any atom is -0.354 e. The van der Waals surface area contributed by atoms with Crippen molar-refractivity contribution >= 4 is 11.8 Å². The highest BCUT2D eigenvalue weighted by Crippen LogP contribution is 2.04. The molecule has 1 aromatic rings. The SMILES string of the molecule is O=C(NC1CCCNC1=O)c1cc[nH]c(=O)c1. The molecule has 1 atom stereocenters. The quantitative estimate of drug-likeness (QED) is 0.638. The topological polar surface area (TPSA) is 91.1 Å². The number of carbonyl (C=O) groups excluding carboxylic acids is 2. The van der Waals surface area contributed by atoms with E-state index in [0.717, 1.165) is 6.42 Å². The summed E-state index contributed by atoms with van der Waals surface area (Å²) in [5, 5.41) is 5.29. The lowest BCUT2D eigenvalue weighted by Crippen LogP contribution is -2.50. The molecule has 90 valence electrons. The summed E-state index contributed by atoms with van der Waals surface area (Å²) in [6.45, 7) is 0.649. The number of rotatable bonds is 2. The molecule has 0 aliphatic carbocycles. The summed E-state index contributed by atoms with van der Waals surface area (Å²) in [5.41, 5.74) is -0.0853. The largest absolute Gasteiger partial charge is 0.354 e. The molecule has 6 heteroatoms. The van der Waals surface area contributed by atoms with E-state index < -0.39 is 11.9 Å². The maximum Gasteiger partial charge on any atom is 0.252 e. The third-order valence-corrected chi connectivity index (χ3v) is 2.63. The summed E-state index contributed by atoms with van der Waals surface area (Å²) >= 11 is 0. The van der Waals surface area contributed by atoms with Crippen LogP contribution < -0.4 is 16.2 Å². The maximum absolute atomic E-state index is 11.8. The first-order valence-electron chi connectivity index (χ1n) is 5.44. The van der Waals surface area contributed by atoms with E-state index in [9.17, 15) is 14.4 Å². The molecule has 1 aromatic heterocycles. The van der Waals surface area contributed by atoms with E-state index in [0.29, 0.717) is 13.0 Å². The Morgan fingerprint density at radius 1 is 1.41 bits per heavy atom. The van der Waals surface area contributed by atoms with Crippen molar-refractivity contribution in [2.75, 3.05) is 6.54 Å². The van der Waals surface area contributed by atoms with Crippen LogP contribution in [0.1, 0.15) is 23.2 Å². The van der Waals surface area contributed by atoms with E-state index in [2.05, 4.69) is 15.6 Å². The molecule has 17 heavy (non-hydrogen) atoms. The van der Waals surface area contributed by atoms with E-state index in [1.807, 2.05) is 0 Å². The van der Waals surface area contributed by atoms with Crippen LogP contribution in [0.4, 0.5) is 0 Å². The molecular formula is C11H13N3O3. The van der Waals surface area contributed by atoms with Crippen LogP contribution in [0.25, 0.3) is 0 Å². The van der Waals surface area contributed by atoms with Crippen LogP contribution in [0, 0.1) is 0 Å². The number of piperidine rings is 1. The molecule has 0 bridgehead atoms. The Morgan fingerprint density at radius 2 is 2.24 bits per heavy atom. The average molecular weight is 235 g/mol. The predicted octanol–water partition coefficient (Wildman–Crippen LogP) is -0.617. The highest BCUT2D eigenvalue weighted by molar-refractivity contribution is 5.97. The van der Waals surface area contributed by atoms with Crippen LogP contribution in [-0.2, 0) is 4.79 Å². The van der Waals surface area contributed by atoms with E-state index >= 15 is 0 Å². The second-order valence-electron chi connectivity index (χ2n) is 3.90. The van der Waals surface area contributed by atoms with Crippen LogP contribution in [0.2, 0.25) is 0 Å². The van der Waals surface area contributed by atoms with Gasteiger partial charge in [0.1, 0.15) is 6.04 Å². The van der Waals surface area contributed by atoms with Gasteiger partial charge < -0.3 is 15.6 Å². The molecule has 2 rings (SSSR count). The minimum atomic E-state index is -0.504. The van der Waals surface area contributed by atoms with Gasteiger partial charge in [-0.05, 0) is 18.9 Å². The summed E-state index contributed by atoms with van der Waals surface area (Å²) in [7, 11) is 0. The summed E-state index contributed by atoms with van der Waals surface area (Å²) < 4.78 is 0. The predicted molar refractivity (Wildman–Crippen MR) is 60.6 cm³/mol. The van der Waals surface area contributed by atoms with Crippen LogP contribution >= 0.6 is 0 Å². The van der Waals surface area contributed by atoms with Crippen LogP contribution in [0.5, 0.6) is 0 Å². The van der Waals surface area contributed by atoms with Crippen molar-refractivity contribution in [3.05, 3.63) is 34.2 Å². The van der Waals surface area contributed by atoms with Gasteiger partial charge in [-0.1, -0.05) is 0 Å². The van der Waals surface area contributed by atoms with E-state index in [4.69, 9.17) is 0 Å². The summed E-state index contributed by atoms with van der Waals surface area (Å²) in [4.78, 5) is 36.7. The fraction of sp³-hybridized carbons (Fsp3) is 0.364. The first-order chi connectivity index (χ1) is 8.16. The highest BCUT2D eigenvalue weighted by Gasteiger charge is 2.23. The molecular weight excluding hydrogens is 222 g/mol. The van der Waals surface area contributed by atoms with Gasteiger partial charge in [-0.2, -0.15) is 0 Å². The van der Waals surface area contributed by atoms with Crippen molar-refractivity contribution in [2.24, 2.45) is 0 Å². The Morgan fingerprint density at radius 3 is 2.94 bits per heavy atom. The lowest BCUT2D eigenvalue weighted by Gasteiger charge is -2.22. The van der Waals surface area contributed by atoms with Crippen molar-refractivity contribution in [1.82, 2.24) is 15.6 Å². The maximum atomic E-state index is 11.8. The molecule has 1 unspecified atom stereocenters. The zero-order chi connectivity index (χ0) is 12.3. The molecule has 1 saturated heterocycles. The Bertz CT molecular complexity index is 495. The van der Waals surface area contributed by atoms with Crippen LogP contribution in [0.15, 0.2) is 23.1 Å². The summed E-state index contributed by atoms with van der Waals surface area (Å²) in [5.74, 6) is -0.576. The lowest BCUT2D eigenvalue weighted by atomic mass is 10.1. The molecule has 1 aliphatic heterocycles. The Balaban J connectivity index is 2.06. The molecule has 6 nitrogen and oxygen atoms in total. The lowest BCUT2D eigenvalue weighted by molar-refractivity contribution is -0.124. The van der Waals surface area contributed by atoms with Crippen molar-refractivity contribution < 1.29 is 9.59 Å². The van der Waals surface area contributed by atoms with Crippen LogP contribution in [0.3, 0.4) is 0 Å². The first-order valence-corrected chi connectivity index (χ1v) is 5.44. The molecule has 2 amide bonds. The number of carbonyl (C=O) groups is 2. The normalized spacial score (nSPS) is 19.5. The van der Waals surface area contributed by atoms with Gasteiger partial charge in [-0.15, -0.1) is 0 Å². The number of hydrogen-bond donors (Lipinski definition) is 3. The molecule has 1 fully saturated rings. The Labute approximate surface area is 97.4 Å². The van der Waals surface area contributed by atoms with E-state index in [1.165, 1.54) is 18.3 Å². The average Bonchev–Trinajstić information content (AvgIpc) is 2.32. The number of nitrogens with one attached hydrogen (secondary N) is 3. The van der Waals surface area contributed by atoms with Gasteiger partial charge in [0.2, 0.25) is 11.5 Å². The number of pyridine rings is 1. The third-order valence-electron chi connectivity index (χ3n) is 2.63. The van der Waals surface area contributed by atoms with Crippen molar-refractivity contribution in [2.45, 2.75) is 18.9 Å². The number of hydrogen-bond acceptors (Lipinski definition) is 3. The van der Waals surface area contributed by atoms with E-state index in [-0.39, 0.29) is 17.0 Å². The molecule has 1 aliphatic rings.